The predicted octanol–water partition coefficient (Wildman–Crippen LogP) is 4.36. The van der Waals surface area contributed by atoms with E-state index in [-0.39, 0.29) is 5.41 Å². The van der Waals surface area contributed by atoms with Crippen molar-refractivity contribution in [3.05, 3.63) is 70.2 Å². The number of rotatable bonds is 2. The highest BCUT2D eigenvalue weighted by atomic mass is 35.5. The lowest BCUT2D eigenvalue weighted by Gasteiger charge is -2.38. The SMILES string of the molecule is O=C1c2ccc(Cl)cc2CC12CCN(Cc1ccccc1)CC2. The third-order valence-corrected chi connectivity index (χ3v) is 5.62. The molecule has 0 aromatic heterocycles. The maximum atomic E-state index is 12.9. The number of ketones is 1. The molecule has 3 heteroatoms. The minimum Gasteiger partial charge on any atom is -0.299 e. The number of nitrogens with zero attached hydrogens (tertiary/aromatic N) is 1. The molecule has 2 aromatic carbocycles. The summed E-state index contributed by atoms with van der Waals surface area (Å²) in [5.41, 5.74) is 3.20. The van der Waals surface area contributed by atoms with Crippen molar-refractivity contribution in [2.45, 2.75) is 25.8 Å². The second-order valence-electron chi connectivity index (χ2n) is 6.85. The Balaban J connectivity index is 1.47. The second kappa shape index (κ2) is 5.77. The minimum absolute atomic E-state index is 0.180. The van der Waals surface area contributed by atoms with Crippen LogP contribution in [0, 0.1) is 5.41 Å². The maximum Gasteiger partial charge on any atom is 0.169 e. The third kappa shape index (κ3) is 2.71. The third-order valence-electron chi connectivity index (χ3n) is 5.38. The molecule has 1 heterocycles. The number of likely N-dealkylation sites (tertiary alicyclic amines) is 1. The van der Waals surface area contributed by atoms with Gasteiger partial charge in [-0.15, -0.1) is 0 Å². The van der Waals surface area contributed by atoms with E-state index in [4.69, 9.17) is 11.6 Å². The van der Waals surface area contributed by atoms with Gasteiger partial charge in [-0.2, -0.15) is 0 Å². The van der Waals surface area contributed by atoms with E-state index in [0.717, 1.165) is 55.0 Å². The van der Waals surface area contributed by atoms with Gasteiger partial charge in [-0.3, -0.25) is 9.69 Å². The molecule has 0 unspecified atom stereocenters. The number of fused-ring (bicyclic) bond motifs is 1. The smallest absolute Gasteiger partial charge is 0.169 e. The van der Waals surface area contributed by atoms with Gasteiger partial charge in [0.05, 0.1) is 0 Å². The summed E-state index contributed by atoms with van der Waals surface area (Å²) in [5.74, 6) is 0.337. The lowest BCUT2D eigenvalue weighted by atomic mass is 9.75. The highest BCUT2D eigenvalue weighted by Crippen LogP contribution is 2.45. The molecule has 118 valence electrons. The fraction of sp³-hybridized carbons (Fsp3) is 0.350. The first-order valence-electron chi connectivity index (χ1n) is 8.26. The first kappa shape index (κ1) is 14.9. The Morgan fingerprint density at radius 1 is 1.04 bits per heavy atom. The second-order valence-corrected chi connectivity index (χ2v) is 7.29. The van der Waals surface area contributed by atoms with E-state index in [9.17, 15) is 4.79 Å². The van der Waals surface area contributed by atoms with E-state index in [1.54, 1.807) is 0 Å². The van der Waals surface area contributed by atoms with Crippen LogP contribution in [0.15, 0.2) is 48.5 Å². The lowest BCUT2D eigenvalue weighted by molar-refractivity contribution is 0.0623. The lowest BCUT2D eigenvalue weighted by Crippen LogP contribution is -2.42. The summed E-state index contributed by atoms with van der Waals surface area (Å²) < 4.78 is 0. The van der Waals surface area contributed by atoms with Crippen LogP contribution >= 0.6 is 11.6 Å². The summed E-state index contributed by atoms with van der Waals surface area (Å²) in [6, 6.07) is 16.3. The van der Waals surface area contributed by atoms with Crippen LogP contribution in [0.3, 0.4) is 0 Å². The first-order chi connectivity index (χ1) is 11.2. The minimum atomic E-state index is -0.180. The molecule has 0 saturated carbocycles. The Kier molecular flexibility index (Phi) is 3.74. The van der Waals surface area contributed by atoms with Gasteiger partial charge in [-0.05, 0) is 61.7 Å². The molecule has 4 rings (SSSR count). The topological polar surface area (TPSA) is 20.3 Å². The summed E-state index contributed by atoms with van der Waals surface area (Å²) in [6.45, 7) is 2.95. The van der Waals surface area contributed by atoms with Crippen LogP contribution < -0.4 is 0 Å². The molecule has 2 nitrogen and oxygen atoms in total. The average molecular weight is 326 g/mol. The zero-order valence-electron chi connectivity index (χ0n) is 13.1. The number of carbonyl (C=O) groups excluding carboxylic acids is 1. The van der Waals surface area contributed by atoms with Gasteiger partial charge in [0.2, 0.25) is 0 Å². The van der Waals surface area contributed by atoms with Gasteiger partial charge in [-0.25, -0.2) is 0 Å². The van der Waals surface area contributed by atoms with Crippen molar-refractivity contribution in [1.29, 1.82) is 0 Å². The maximum absolute atomic E-state index is 12.9. The molecule has 0 bridgehead atoms. The number of carbonyl (C=O) groups is 1. The van der Waals surface area contributed by atoms with Crippen LogP contribution in [0.1, 0.15) is 34.3 Å². The molecule has 0 radical (unpaired) electrons. The molecule has 0 atom stereocenters. The molecule has 1 fully saturated rings. The number of piperidine rings is 1. The molecule has 1 aliphatic carbocycles. The number of hydrogen-bond acceptors (Lipinski definition) is 2. The number of hydrogen-bond donors (Lipinski definition) is 0. The first-order valence-corrected chi connectivity index (χ1v) is 8.64. The Morgan fingerprint density at radius 2 is 1.78 bits per heavy atom. The summed E-state index contributed by atoms with van der Waals surface area (Å²) in [6.07, 6.45) is 2.76. The Morgan fingerprint density at radius 3 is 2.52 bits per heavy atom. The van der Waals surface area contributed by atoms with E-state index < -0.39 is 0 Å². The van der Waals surface area contributed by atoms with Gasteiger partial charge in [0.1, 0.15) is 0 Å². The fourth-order valence-corrected chi connectivity index (χ4v) is 4.24. The summed E-state index contributed by atoms with van der Waals surface area (Å²) in [5, 5.41) is 0.732. The van der Waals surface area contributed by atoms with E-state index in [1.807, 2.05) is 24.3 Å². The van der Waals surface area contributed by atoms with Crippen molar-refractivity contribution in [3.8, 4) is 0 Å². The number of halogens is 1. The highest BCUT2D eigenvalue weighted by molar-refractivity contribution is 6.30. The summed E-state index contributed by atoms with van der Waals surface area (Å²) in [4.78, 5) is 15.4. The Labute approximate surface area is 142 Å². The van der Waals surface area contributed by atoms with Crippen LogP contribution in [-0.2, 0) is 13.0 Å². The average Bonchev–Trinajstić information content (AvgIpc) is 2.82. The molecular formula is C20H20ClNO. The summed E-state index contributed by atoms with van der Waals surface area (Å²) in [7, 11) is 0. The van der Waals surface area contributed by atoms with Crippen LogP contribution in [0.4, 0.5) is 0 Å². The van der Waals surface area contributed by atoms with E-state index in [0.29, 0.717) is 5.78 Å². The molecule has 2 aliphatic rings. The van der Waals surface area contributed by atoms with Gasteiger partial charge >= 0.3 is 0 Å². The Bertz CT molecular complexity index is 733. The largest absolute Gasteiger partial charge is 0.299 e. The predicted molar refractivity (Wildman–Crippen MR) is 92.9 cm³/mol. The van der Waals surface area contributed by atoms with Crippen molar-refractivity contribution >= 4 is 17.4 Å². The molecule has 0 N–H and O–H groups in total. The van der Waals surface area contributed by atoms with Gasteiger partial charge in [-0.1, -0.05) is 41.9 Å². The van der Waals surface area contributed by atoms with Crippen molar-refractivity contribution in [2.24, 2.45) is 5.41 Å². The summed E-state index contributed by atoms with van der Waals surface area (Å²) >= 11 is 6.09. The van der Waals surface area contributed by atoms with Crippen LogP contribution in [-0.4, -0.2) is 23.8 Å². The molecule has 23 heavy (non-hydrogen) atoms. The Hall–Kier alpha value is -1.64. The van der Waals surface area contributed by atoms with Crippen LogP contribution in [0.25, 0.3) is 0 Å². The number of Topliss-reactive ketones (excluding diaryl/α,β-unsaturated/α-hetero) is 1. The molecule has 0 amide bonds. The van der Waals surface area contributed by atoms with Crippen molar-refractivity contribution in [3.63, 3.8) is 0 Å². The van der Waals surface area contributed by atoms with Gasteiger partial charge in [0.15, 0.2) is 5.78 Å². The van der Waals surface area contributed by atoms with E-state index in [2.05, 4.69) is 29.2 Å². The zero-order valence-corrected chi connectivity index (χ0v) is 13.9. The molecule has 2 aromatic rings. The van der Waals surface area contributed by atoms with Gasteiger partial charge in [0, 0.05) is 22.5 Å². The van der Waals surface area contributed by atoms with E-state index in [1.165, 1.54) is 5.56 Å². The van der Waals surface area contributed by atoms with Crippen LogP contribution in [0.2, 0.25) is 5.02 Å². The van der Waals surface area contributed by atoms with Crippen molar-refractivity contribution in [2.75, 3.05) is 13.1 Å². The molecule has 1 aliphatic heterocycles. The molecular weight excluding hydrogens is 306 g/mol. The number of benzene rings is 2. The molecule has 1 spiro atoms. The zero-order chi connectivity index (χ0) is 15.9. The van der Waals surface area contributed by atoms with Crippen LogP contribution in [0.5, 0.6) is 0 Å². The van der Waals surface area contributed by atoms with E-state index >= 15 is 0 Å². The standard InChI is InChI=1S/C20H20ClNO/c21-17-6-7-18-16(12-17)13-20(19(18)23)8-10-22(11-9-20)14-15-4-2-1-3-5-15/h1-7,12H,8-11,13-14H2. The van der Waals surface area contributed by atoms with Gasteiger partial charge < -0.3 is 0 Å². The van der Waals surface area contributed by atoms with Gasteiger partial charge in [0.25, 0.3) is 0 Å². The van der Waals surface area contributed by atoms with Crippen molar-refractivity contribution < 1.29 is 4.79 Å². The monoisotopic (exact) mass is 325 g/mol. The normalized spacial score (nSPS) is 20.0. The highest BCUT2D eigenvalue weighted by Gasteiger charge is 2.46. The van der Waals surface area contributed by atoms with Crippen molar-refractivity contribution in [1.82, 2.24) is 4.90 Å². The quantitative estimate of drug-likeness (QED) is 0.817. The molecule has 1 saturated heterocycles. The fourth-order valence-electron chi connectivity index (χ4n) is 4.05.